The van der Waals surface area contributed by atoms with Crippen molar-refractivity contribution in [2.45, 2.75) is 50.7 Å². The number of hydrogen-bond acceptors (Lipinski definition) is 4. The molecule has 2 aliphatic heterocycles. The molecule has 102 valence electrons. The lowest BCUT2D eigenvalue weighted by Crippen LogP contribution is -2.50. The fraction of sp³-hybridized carbons (Fsp3) is 0.643. The normalized spacial score (nSPS) is 29.2. The van der Waals surface area contributed by atoms with Crippen LogP contribution in [0.2, 0.25) is 0 Å². The number of amides is 1. The summed E-state index contributed by atoms with van der Waals surface area (Å²) in [5.74, 6) is 0.0643. The summed E-state index contributed by atoms with van der Waals surface area (Å²) in [4.78, 5) is 22.4. The quantitative estimate of drug-likeness (QED) is 0.888. The summed E-state index contributed by atoms with van der Waals surface area (Å²) in [5, 5.41) is 3.62. The van der Waals surface area contributed by atoms with Crippen LogP contribution in [0.4, 0.5) is 0 Å². The number of fused-ring (bicyclic) bond motifs is 2. The van der Waals surface area contributed by atoms with Gasteiger partial charge in [0.2, 0.25) is 0 Å². The minimum Gasteiger partial charge on any atom is -0.336 e. The Morgan fingerprint density at radius 1 is 1.32 bits per heavy atom. The van der Waals surface area contributed by atoms with Crippen LogP contribution in [0.15, 0.2) is 18.7 Å². The standard InChI is InChI=1S/C14H20N4O/c1-2-18(14(19)10-7-15-9-16-8-10)13-5-11-3-4-12(6-13)17-11/h7-9,11-13,17H,2-6H2,1H3. The van der Waals surface area contributed by atoms with Gasteiger partial charge in [-0.2, -0.15) is 0 Å². The summed E-state index contributed by atoms with van der Waals surface area (Å²) in [7, 11) is 0. The van der Waals surface area contributed by atoms with Crippen LogP contribution >= 0.6 is 0 Å². The molecule has 0 aliphatic carbocycles. The minimum atomic E-state index is 0.0643. The monoisotopic (exact) mass is 260 g/mol. The molecule has 2 atom stereocenters. The third-order valence-electron chi connectivity index (χ3n) is 4.30. The summed E-state index contributed by atoms with van der Waals surface area (Å²) in [6.07, 6.45) is 9.31. The number of aromatic nitrogens is 2. The van der Waals surface area contributed by atoms with Gasteiger partial charge >= 0.3 is 0 Å². The molecule has 1 N–H and O–H groups in total. The largest absolute Gasteiger partial charge is 0.336 e. The summed E-state index contributed by atoms with van der Waals surface area (Å²) < 4.78 is 0. The summed E-state index contributed by atoms with van der Waals surface area (Å²) in [6.45, 7) is 2.80. The predicted molar refractivity (Wildman–Crippen MR) is 71.7 cm³/mol. The van der Waals surface area contributed by atoms with E-state index >= 15 is 0 Å². The van der Waals surface area contributed by atoms with Gasteiger partial charge in [-0.3, -0.25) is 4.79 Å². The second kappa shape index (κ2) is 5.25. The highest BCUT2D eigenvalue weighted by Gasteiger charge is 2.37. The van der Waals surface area contributed by atoms with Crippen LogP contribution in [-0.4, -0.2) is 45.4 Å². The van der Waals surface area contributed by atoms with Crippen LogP contribution < -0.4 is 5.32 Å². The van der Waals surface area contributed by atoms with Gasteiger partial charge in [-0.15, -0.1) is 0 Å². The van der Waals surface area contributed by atoms with Crippen LogP contribution in [0.25, 0.3) is 0 Å². The average Bonchev–Trinajstić information content (AvgIpc) is 2.79. The highest BCUT2D eigenvalue weighted by atomic mass is 16.2. The zero-order valence-electron chi connectivity index (χ0n) is 11.2. The van der Waals surface area contributed by atoms with E-state index in [1.807, 2.05) is 11.8 Å². The van der Waals surface area contributed by atoms with Gasteiger partial charge in [0.05, 0.1) is 5.56 Å². The van der Waals surface area contributed by atoms with Crippen molar-refractivity contribution in [1.82, 2.24) is 20.2 Å². The Hall–Kier alpha value is -1.49. The zero-order valence-corrected chi connectivity index (χ0v) is 11.2. The molecule has 0 spiro atoms. The van der Waals surface area contributed by atoms with Gasteiger partial charge in [-0.1, -0.05) is 0 Å². The molecule has 0 aromatic carbocycles. The van der Waals surface area contributed by atoms with Crippen molar-refractivity contribution >= 4 is 5.91 Å². The van der Waals surface area contributed by atoms with E-state index in [4.69, 9.17) is 0 Å². The van der Waals surface area contributed by atoms with Crippen molar-refractivity contribution in [3.63, 3.8) is 0 Å². The molecule has 19 heavy (non-hydrogen) atoms. The molecule has 1 aromatic heterocycles. The molecule has 0 radical (unpaired) electrons. The van der Waals surface area contributed by atoms with Gasteiger partial charge in [-0.25, -0.2) is 9.97 Å². The smallest absolute Gasteiger partial charge is 0.257 e. The second-order valence-electron chi connectivity index (χ2n) is 5.48. The average molecular weight is 260 g/mol. The molecule has 5 heteroatoms. The Kier molecular flexibility index (Phi) is 3.46. The molecule has 2 bridgehead atoms. The van der Waals surface area contributed by atoms with E-state index in [1.54, 1.807) is 12.4 Å². The highest BCUT2D eigenvalue weighted by molar-refractivity contribution is 5.93. The van der Waals surface area contributed by atoms with E-state index < -0.39 is 0 Å². The van der Waals surface area contributed by atoms with Crippen LogP contribution in [-0.2, 0) is 0 Å². The Labute approximate surface area is 113 Å². The van der Waals surface area contributed by atoms with Crippen molar-refractivity contribution in [2.24, 2.45) is 0 Å². The lowest BCUT2D eigenvalue weighted by molar-refractivity contribution is 0.0630. The van der Waals surface area contributed by atoms with Crippen LogP contribution in [0.1, 0.15) is 43.0 Å². The molecule has 1 aromatic rings. The first kappa shape index (κ1) is 12.5. The van der Waals surface area contributed by atoms with E-state index in [1.165, 1.54) is 19.2 Å². The van der Waals surface area contributed by atoms with E-state index in [0.29, 0.717) is 23.7 Å². The van der Waals surface area contributed by atoms with Gasteiger partial charge in [-0.05, 0) is 32.6 Å². The number of piperidine rings is 1. The first-order valence-corrected chi connectivity index (χ1v) is 7.10. The fourth-order valence-electron chi connectivity index (χ4n) is 3.42. The van der Waals surface area contributed by atoms with E-state index in [-0.39, 0.29) is 5.91 Å². The van der Waals surface area contributed by atoms with Crippen molar-refractivity contribution < 1.29 is 4.79 Å². The third kappa shape index (κ3) is 2.47. The van der Waals surface area contributed by atoms with Gasteiger partial charge in [0.1, 0.15) is 6.33 Å². The maximum atomic E-state index is 12.5. The van der Waals surface area contributed by atoms with Crippen molar-refractivity contribution in [1.29, 1.82) is 0 Å². The second-order valence-corrected chi connectivity index (χ2v) is 5.48. The highest BCUT2D eigenvalue weighted by Crippen LogP contribution is 2.30. The lowest BCUT2D eigenvalue weighted by atomic mass is 9.97. The molecule has 2 fully saturated rings. The van der Waals surface area contributed by atoms with E-state index in [2.05, 4.69) is 15.3 Å². The first-order valence-electron chi connectivity index (χ1n) is 7.10. The van der Waals surface area contributed by atoms with E-state index in [9.17, 15) is 4.79 Å². The number of carbonyl (C=O) groups excluding carboxylic acids is 1. The topological polar surface area (TPSA) is 58.1 Å². The number of rotatable bonds is 3. The summed E-state index contributed by atoms with van der Waals surface area (Å²) in [6, 6.07) is 1.55. The first-order chi connectivity index (χ1) is 9.28. The van der Waals surface area contributed by atoms with Crippen LogP contribution in [0.3, 0.4) is 0 Å². The number of nitrogens with one attached hydrogen (secondary N) is 1. The number of nitrogens with zero attached hydrogens (tertiary/aromatic N) is 3. The molecular weight excluding hydrogens is 240 g/mol. The molecular formula is C14H20N4O. The van der Waals surface area contributed by atoms with Crippen LogP contribution in [0, 0.1) is 0 Å². The molecule has 2 aliphatic rings. The SMILES string of the molecule is CCN(C(=O)c1cncnc1)C1CC2CCC(C1)N2. The van der Waals surface area contributed by atoms with Gasteiger partial charge in [0.15, 0.2) is 0 Å². The molecule has 1 amide bonds. The molecule has 5 nitrogen and oxygen atoms in total. The van der Waals surface area contributed by atoms with Gasteiger partial charge < -0.3 is 10.2 Å². The van der Waals surface area contributed by atoms with Crippen LogP contribution in [0.5, 0.6) is 0 Å². The van der Waals surface area contributed by atoms with Gasteiger partial charge in [0, 0.05) is 37.1 Å². The minimum absolute atomic E-state index is 0.0643. The van der Waals surface area contributed by atoms with Crippen molar-refractivity contribution in [3.8, 4) is 0 Å². The Bertz CT molecular complexity index is 438. The Balaban J connectivity index is 1.75. The van der Waals surface area contributed by atoms with Crippen molar-refractivity contribution in [2.75, 3.05) is 6.54 Å². The maximum absolute atomic E-state index is 12.5. The summed E-state index contributed by atoms with van der Waals surface area (Å²) >= 11 is 0. The molecule has 0 saturated carbocycles. The van der Waals surface area contributed by atoms with Gasteiger partial charge in [0.25, 0.3) is 5.91 Å². The third-order valence-corrected chi connectivity index (χ3v) is 4.30. The molecule has 2 saturated heterocycles. The Morgan fingerprint density at radius 3 is 2.53 bits per heavy atom. The van der Waals surface area contributed by atoms with Crippen molar-refractivity contribution in [3.05, 3.63) is 24.3 Å². The van der Waals surface area contributed by atoms with E-state index in [0.717, 1.165) is 19.4 Å². The maximum Gasteiger partial charge on any atom is 0.257 e. The lowest BCUT2D eigenvalue weighted by Gasteiger charge is -2.37. The Morgan fingerprint density at radius 2 is 1.95 bits per heavy atom. The molecule has 3 heterocycles. The number of carbonyl (C=O) groups is 1. The summed E-state index contributed by atoms with van der Waals surface area (Å²) in [5.41, 5.74) is 0.593. The predicted octanol–water partition coefficient (Wildman–Crippen LogP) is 1.22. The number of hydrogen-bond donors (Lipinski definition) is 1. The molecule has 2 unspecified atom stereocenters. The zero-order chi connectivity index (χ0) is 13.2. The fourth-order valence-corrected chi connectivity index (χ4v) is 3.42. The molecule has 3 rings (SSSR count).